The van der Waals surface area contributed by atoms with Gasteiger partial charge in [-0.05, 0) is 18.8 Å². The minimum Gasteiger partial charge on any atom is -0.370 e. The lowest BCUT2D eigenvalue weighted by atomic mass is 9.87. The molecule has 86 valence electrons. The largest absolute Gasteiger partial charge is 0.370 e. The third-order valence-corrected chi connectivity index (χ3v) is 4.10. The van der Waals surface area contributed by atoms with E-state index in [4.69, 9.17) is 16.9 Å². The van der Waals surface area contributed by atoms with E-state index < -0.39 is 0 Å². The molecule has 0 bridgehead atoms. The summed E-state index contributed by atoms with van der Waals surface area (Å²) in [6, 6.07) is 0. The number of hydrogen-bond donors (Lipinski definition) is 3. The Morgan fingerprint density at radius 3 is 2.67 bits per heavy atom. The molecule has 0 aromatic carbocycles. The summed E-state index contributed by atoms with van der Waals surface area (Å²) in [5.41, 5.74) is 10.5. The lowest BCUT2D eigenvalue weighted by Gasteiger charge is -2.29. The molecule has 0 aliphatic heterocycles. The molecule has 4 nitrogen and oxygen atoms in total. The van der Waals surface area contributed by atoms with Crippen molar-refractivity contribution >= 4 is 22.9 Å². The van der Waals surface area contributed by atoms with Crippen LogP contribution in [-0.2, 0) is 0 Å². The SMILES string of the molecule is CCC1CCCCC1SC(=N)N=C(N)N. The number of nitrogens with two attached hydrogens (primary N) is 2. The number of thioether (sulfide) groups is 1. The van der Waals surface area contributed by atoms with Gasteiger partial charge in [-0.1, -0.05) is 37.9 Å². The molecule has 0 aromatic heterocycles. The molecule has 2 unspecified atom stereocenters. The van der Waals surface area contributed by atoms with Gasteiger partial charge in [0.25, 0.3) is 0 Å². The van der Waals surface area contributed by atoms with Crippen molar-refractivity contribution in [3.63, 3.8) is 0 Å². The summed E-state index contributed by atoms with van der Waals surface area (Å²) in [7, 11) is 0. The third kappa shape index (κ3) is 4.11. The molecule has 1 fully saturated rings. The first-order chi connectivity index (χ1) is 7.13. The topological polar surface area (TPSA) is 88.2 Å². The molecule has 2 atom stereocenters. The number of nitrogens with one attached hydrogen (secondary N) is 1. The maximum absolute atomic E-state index is 7.64. The highest BCUT2D eigenvalue weighted by Crippen LogP contribution is 2.35. The Labute approximate surface area is 95.4 Å². The molecular formula is C10H20N4S. The smallest absolute Gasteiger partial charge is 0.193 e. The van der Waals surface area contributed by atoms with Crippen LogP contribution in [0.2, 0.25) is 0 Å². The molecule has 1 aliphatic rings. The predicted molar refractivity (Wildman–Crippen MR) is 67.2 cm³/mol. The quantitative estimate of drug-likeness (QED) is 0.498. The number of hydrogen-bond acceptors (Lipinski definition) is 2. The minimum atomic E-state index is -0.0173. The first-order valence-corrected chi connectivity index (χ1v) is 6.36. The van der Waals surface area contributed by atoms with Crippen molar-refractivity contribution in [1.29, 1.82) is 5.41 Å². The number of nitrogens with zero attached hydrogens (tertiary/aromatic N) is 1. The number of guanidine groups is 1. The highest BCUT2D eigenvalue weighted by atomic mass is 32.2. The van der Waals surface area contributed by atoms with Crippen LogP contribution in [0, 0.1) is 11.3 Å². The standard InChI is InChI=1S/C10H20N4S/c1-2-7-5-3-4-6-8(7)15-10(13)14-9(11)12/h7-8H,2-6H2,1H3,(H5,11,12,13,14). The summed E-state index contributed by atoms with van der Waals surface area (Å²) in [6.07, 6.45) is 6.25. The van der Waals surface area contributed by atoms with Crippen LogP contribution in [0.1, 0.15) is 39.0 Å². The molecule has 0 aromatic rings. The molecule has 0 saturated heterocycles. The van der Waals surface area contributed by atoms with E-state index in [1.807, 2.05) is 0 Å². The molecule has 0 heterocycles. The predicted octanol–water partition coefficient (Wildman–Crippen LogP) is 1.90. The van der Waals surface area contributed by atoms with Gasteiger partial charge >= 0.3 is 0 Å². The Morgan fingerprint density at radius 2 is 2.07 bits per heavy atom. The second kappa shape index (κ2) is 6.00. The van der Waals surface area contributed by atoms with Crippen LogP contribution in [-0.4, -0.2) is 16.4 Å². The van der Waals surface area contributed by atoms with E-state index in [9.17, 15) is 0 Å². The Kier molecular flexibility index (Phi) is 4.94. The zero-order valence-corrected chi connectivity index (χ0v) is 10.0. The van der Waals surface area contributed by atoms with E-state index in [1.54, 1.807) is 0 Å². The normalized spacial score (nSPS) is 25.9. The fourth-order valence-corrected chi connectivity index (χ4v) is 3.33. The maximum Gasteiger partial charge on any atom is 0.193 e. The number of amidine groups is 1. The van der Waals surface area contributed by atoms with Crippen molar-refractivity contribution in [3.8, 4) is 0 Å². The Balaban J connectivity index is 2.48. The van der Waals surface area contributed by atoms with Gasteiger partial charge in [0.1, 0.15) is 0 Å². The van der Waals surface area contributed by atoms with E-state index in [1.165, 1.54) is 43.9 Å². The number of rotatable bonds is 2. The highest BCUT2D eigenvalue weighted by molar-refractivity contribution is 8.14. The first-order valence-electron chi connectivity index (χ1n) is 5.48. The van der Waals surface area contributed by atoms with E-state index in [2.05, 4.69) is 11.9 Å². The average Bonchev–Trinajstić information content (AvgIpc) is 2.17. The van der Waals surface area contributed by atoms with Gasteiger partial charge < -0.3 is 11.5 Å². The molecule has 5 N–H and O–H groups in total. The van der Waals surface area contributed by atoms with Gasteiger partial charge in [-0.3, -0.25) is 5.41 Å². The summed E-state index contributed by atoms with van der Waals surface area (Å²) < 4.78 is 0. The van der Waals surface area contributed by atoms with Crippen LogP contribution in [0.4, 0.5) is 0 Å². The molecule has 5 heteroatoms. The highest BCUT2D eigenvalue weighted by Gasteiger charge is 2.25. The van der Waals surface area contributed by atoms with Gasteiger partial charge in [0.15, 0.2) is 11.1 Å². The average molecular weight is 228 g/mol. The lowest BCUT2D eigenvalue weighted by molar-refractivity contribution is 0.362. The summed E-state index contributed by atoms with van der Waals surface area (Å²) in [6.45, 7) is 2.22. The van der Waals surface area contributed by atoms with Gasteiger partial charge in [-0.15, -0.1) is 0 Å². The van der Waals surface area contributed by atoms with E-state index in [-0.39, 0.29) is 11.1 Å². The van der Waals surface area contributed by atoms with Crippen LogP contribution < -0.4 is 11.5 Å². The van der Waals surface area contributed by atoms with Crippen molar-refractivity contribution in [2.45, 2.75) is 44.3 Å². The van der Waals surface area contributed by atoms with Crippen LogP contribution >= 0.6 is 11.8 Å². The van der Waals surface area contributed by atoms with Crippen molar-refractivity contribution in [2.75, 3.05) is 0 Å². The first kappa shape index (κ1) is 12.4. The molecule has 1 aliphatic carbocycles. The van der Waals surface area contributed by atoms with Crippen molar-refractivity contribution in [2.24, 2.45) is 22.4 Å². The lowest BCUT2D eigenvalue weighted by Crippen LogP contribution is -2.25. The molecule has 0 radical (unpaired) electrons. The fraction of sp³-hybridized carbons (Fsp3) is 0.800. The summed E-state index contributed by atoms with van der Waals surface area (Å²) >= 11 is 1.52. The third-order valence-electron chi connectivity index (χ3n) is 2.86. The monoisotopic (exact) mass is 228 g/mol. The molecular weight excluding hydrogens is 208 g/mol. The van der Waals surface area contributed by atoms with Crippen molar-refractivity contribution < 1.29 is 0 Å². The maximum atomic E-state index is 7.64. The molecule has 1 saturated carbocycles. The van der Waals surface area contributed by atoms with Gasteiger partial charge in [0, 0.05) is 5.25 Å². The van der Waals surface area contributed by atoms with E-state index in [0.717, 1.165) is 5.92 Å². The second-order valence-corrected chi connectivity index (χ2v) is 5.18. The number of aliphatic imine (C=N–C) groups is 1. The second-order valence-electron chi connectivity index (χ2n) is 3.95. The van der Waals surface area contributed by atoms with Gasteiger partial charge in [-0.25, -0.2) is 0 Å². The summed E-state index contributed by atoms with van der Waals surface area (Å²) in [5, 5.41) is 8.41. The van der Waals surface area contributed by atoms with Gasteiger partial charge in [0.2, 0.25) is 0 Å². The van der Waals surface area contributed by atoms with Crippen molar-refractivity contribution in [1.82, 2.24) is 0 Å². The van der Waals surface area contributed by atoms with Crippen LogP contribution in [0.3, 0.4) is 0 Å². The van der Waals surface area contributed by atoms with E-state index >= 15 is 0 Å². The molecule has 0 amide bonds. The van der Waals surface area contributed by atoms with Crippen LogP contribution in [0.15, 0.2) is 4.99 Å². The summed E-state index contributed by atoms with van der Waals surface area (Å²) in [4.78, 5) is 3.76. The molecule has 1 rings (SSSR count). The Hall–Kier alpha value is -0.710. The van der Waals surface area contributed by atoms with Crippen LogP contribution in [0.25, 0.3) is 0 Å². The zero-order valence-electron chi connectivity index (χ0n) is 9.20. The van der Waals surface area contributed by atoms with Gasteiger partial charge in [-0.2, -0.15) is 4.99 Å². The molecule has 15 heavy (non-hydrogen) atoms. The van der Waals surface area contributed by atoms with Crippen molar-refractivity contribution in [3.05, 3.63) is 0 Å². The van der Waals surface area contributed by atoms with Crippen LogP contribution in [0.5, 0.6) is 0 Å². The summed E-state index contributed by atoms with van der Waals surface area (Å²) in [5.74, 6) is 0.703. The Bertz CT molecular complexity index is 248. The fourth-order valence-electron chi connectivity index (χ4n) is 2.08. The minimum absolute atomic E-state index is 0.0173. The Morgan fingerprint density at radius 1 is 1.40 bits per heavy atom. The van der Waals surface area contributed by atoms with Gasteiger partial charge in [0.05, 0.1) is 0 Å². The molecule has 0 spiro atoms. The van der Waals surface area contributed by atoms with E-state index in [0.29, 0.717) is 5.25 Å². The zero-order chi connectivity index (χ0) is 11.3.